The summed E-state index contributed by atoms with van der Waals surface area (Å²) in [4.78, 5) is 2.36. The van der Waals surface area contributed by atoms with E-state index in [0.29, 0.717) is 11.8 Å². The first-order valence-corrected chi connectivity index (χ1v) is 7.64. The van der Waals surface area contributed by atoms with Crippen molar-refractivity contribution in [3.8, 4) is 0 Å². The van der Waals surface area contributed by atoms with Gasteiger partial charge in [0.2, 0.25) is 0 Å². The lowest BCUT2D eigenvalue weighted by atomic mass is 10.2. The molecule has 90 valence electrons. The number of hydrogen-bond acceptors (Lipinski definition) is 4. The summed E-state index contributed by atoms with van der Waals surface area (Å²) < 4.78 is 21.7. The van der Waals surface area contributed by atoms with Crippen molar-refractivity contribution >= 4 is 9.84 Å². The quantitative estimate of drug-likeness (QED) is 0.663. The second-order valence-corrected chi connectivity index (χ2v) is 6.72. The van der Waals surface area contributed by atoms with E-state index in [2.05, 4.69) is 17.3 Å². The molecule has 0 radical (unpaired) electrons. The van der Waals surface area contributed by atoms with E-state index in [4.69, 9.17) is 0 Å². The number of nitrogens with zero attached hydrogens (tertiary/aromatic N) is 1. The van der Waals surface area contributed by atoms with Crippen molar-refractivity contribution in [1.29, 1.82) is 0 Å². The molecule has 1 N–H and O–H groups in total. The van der Waals surface area contributed by atoms with Crippen LogP contribution < -0.4 is 5.32 Å². The fraction of sp³-hybridized carbons (Fsp3) is 1.00. The highest BCUT2D eigenvalue weighted by molar-refractivity contribution is 7.90. The number of likely N-dealkylation sites (tertiary alicyclic amines) is 1. The van der Waals surface area contributed by atoms with Gasteiger partial charge in [0.15, 0.2) is 0 Å². The van der Waals surface area contributed by atoms with E-state index in [9.17, 15) is 8.42 Å². The zero-order valence-corrected chi connectivity index (χ0v) is 10.5. The molecule has 0 spiro atoms. The summed E-state index contributed by atoms with van der Waals surface area (Å²) in [6.07, 6.45) is 4.55. The largest absolute Gasteiger partial charge is 0.315 e. The van der Waals surface area contributed by atoms with Gasteiger partial charge >= 0.3 is 0 Å². The highest BCUT2D eigenvalue weighted by Gasteiger charge is 2.19. The molecule has 0 aliphatic carbocycles. The fourth-order valence-electron chi connectivity index (χ4n) is 1.97. The standard InChI is InChI=1S/C10H22N2O2S/c1-12-7-3-5-10(12)9-11-6-4-8-15(2,13)14/h10-11H,3-9H2,1-2H3. The average molecular weight is 234 g/mol. The lowest BCUT2D eigenvalue weighted by Gasteiger charge is -2.19. The second kappa shape index (κ2) is 5.82. The first-order valence-electron chi connectivity index (χ1n) is 5.58. The maximum atomic E-state index is 10.9. The van der Waals surface area contributed by atoms with Crippen LogP contribution in [-0.2, 0) is 9.84 Å². The minimum Gasteiger partial charge on any atom is -0.315 e. The van der Waals surface area contributed by atoms with Crippen LogP contribution in [0.2, 0.25) is 0 Å². The molecule has 1 rings (SSSR count). The Morgan fingerprint density at radius 1 is 1.47 bits per heavy atom. The smallest absolute Gasteiger partial charge is 0.147 e. The summed E-state index contributed by atoms with van der Waals surface area (Å²) in [5.41, 5.74) is 0. The van der Waals surface area contributed by atoms with Gasteiger partial charge < -0.3 is 10.2 Å². The molecule has 0 bridgehead atoms. The summed E-state index contributed by atoms with van der Waals surface area (Å²) in [6, 6.07) is 0.642. The maximum Gasteiger partial charge on any atom is 0.147 e. The van der Waals surface area contributed by atoms with Gasteiger partial charge in [-0.3, -0.25) is 0 Å². The summed E-state index contributed by atoms with van der Waals surface area (Å²) in [5, 5.41) is 3.32. The van der Waals surface area contributed by atoms with Gasteiger partial charge in [0.1, 0.15) is 9.84 Å². The summed E-state index contributed by atoms with van der Waals surface area (Å²) in [7, 11) is -0.636. The number of hydrogen-bond donors (Lipinski definition) is 1. The van der Waals surface area contributed by atoms with E-state index >= 15 is 0 Å². The van der Waals surface area contributed by atoms with Gasteiger partial charge in [-0.05, 0) is 39.4 Å². The van der Waals surface area contributed by atoms with Crippen molar-refractivity contribution < 1.29 is 8.42 Å². The number of nitrogens with one attached hydrogen (secondary N) is 1. The van der Waals surface area contributed by atoms with Crippen molar-refractivity contribution in [2.75, 3.05) is 38.7 Å². The van der Waals surface area contributed by atoms with Crippen LogP contribution in [0.3, 0.4) is 0 Å². The van der Waals surface area contributed by atoms with Crippen LogP contribution in [-0.4, -0.2) is 58.1 Å². The molecule has 0 amide bonds. The molecule has 1 atom stereocenters. The van der Waals surface area contributed by atoms with Crippen molar-refractivity contribution in [2.24, 2.45) is 0 Å². The Bertz CT molecular complexity index is 277. The van der Waals surface area contributed by atoms with E-state index in [1.54, 1.807) is 0 Å². The molecule has 5 heteroatoms. The van der Waals surface area contributed by atoms with Gasteiger partial charge in [-0.25, -0.2) is 8.42 Å². The third-order valence-electron chi connectivity index (χ3n) is 2.92. The Kier molecular flexibility index (Phi) is 5.02. The molecule has 1 unspecified atom stereocenters. The molecule has 0 aromatic carbocycles. The third kappa shape index (κ3) is 5.49. The predicted molar refractivity (Wildman–Crippen MR) is 62.8 cm³/mol. The van der Waals surface area contributed by atoms with Crippen LogP contribution >= 0.6 is 0 Å². The molecule has 0 aromatic rings. The molecule has 15 heavy (non-hydrogen) atoms. The molecular weight excluding hydrogens is 212 g/mol. The van der Waals surface area contributed by atoms with Gasteiger partial charge in [0, 0.05) is 18.8 Å². The Morgan fingerprint density at radius 3 is 2.73 bits per heavy atom. The van der Waals surface area contributed by atoms with E-state index in [1.165, 1.54) is 25.6 Å². The molecule has 1 aliphatic heterocycles. The normalized spacial score (nSPS) is 23.5. The van der Waals surface area contributed by atoms with Gasteiger partial charge in [-0.15, -0.1) is 0 Å². The molecule has 0 aromatic heterocycles. The van der Waals surface area contributed by atoms with Gasteiger partial charge in [-0.2, -0.15) is 0 Å². The maximum absolute atomic E-state index is 10.9. The summed E-state index contributed by atoms with van der Waals surface area (Å²) in [5.74, 6) is 0.292. The second-order valence-electron chi connectivity index (χ2n) is 4.46. The van der Waals surface area contributed by atoms with Crippen LogP contribution in [0, 0.1) is 0 Å². The number of rotatable bonds is 6. The molecule has 1 fully saturated rings. The van der Waals surface area contributed by atoms with E-state index in [1.807, 2.05) is 0 Å². The third-order valence-corrected chi connectivity index (χ3v) is 3.95. The highest BCUT2D eigenvalue weighted by Crippen LogP contribution is 2.13. The van der Waals surface area contributed by atoms with E-state index in [-0.39, 0.29) is 0 Å². The van der Waals surface area contributed by atoms with Crippen molar-refractivity contribution in [3.63, 3.8) is 0 Å². The van der Waals surface area contributed by atoms with E-state index in [0.717, 1.165) is 19.5 Å². The fourth-order valence-corrected chi connectivity index (χ4v) is 2.63. The van der Waals surface area contributed by atoms with Crippen LogP contribution in [0.15, 0.2) is 0 Å². The lowest BCUT2D eigenvalue weighted by molar-refractivity contribution is 0.301. The predicted octanol–water partition coefficient (Wildman–Crippen LogP) is 0.105. The monoisotopic (exact) mass is 234 g/mol. The number of likely N-dealkylation sites (N-methyl/N-ethyl adjacent to an activating group) is 1. The Labute approximate surface area is 93.0 Å². The molecule has 1 heterocycles. The van der Waals surface area contributed by atoms with Crippen molar-refractivity contribution in [1.82, 2.24) is 10.2 Å². The molecule has 1 saturated heterocycles. The Morgan fingerprint density at radius 2 is 2.20 bits per heavy atom. The lowest BCUT2D eigenvalue weighted by Crippen LogP contribution is -2.36. The zero-order valence-electron chi connectivity index (χ0n) is 9.70. The van der Waals surface area contributed by atoms with Crippen LogP contribution in [0.5, 0.6) is 0 Å². The van der Waals surface area contributed by atoms with Crippen LogP contribution in [0.25, 0.3) is 0 Å². The highest BCUT2D eigenvalue weighted by atomic mass is 32.2. The number of sulfone groups is 1. The summed E-state index contributed by atoms with van der Waals surface area (Å²) >= 11 is 0. The molecule has 0 saturated carbocycles. The molecule has 4 nitrogen and oxygen atoms in total. The van der Waals surface area contributed by atoms with Crippen molar-refractivity contribution in [3.05, 3.63) is 0 Å². The first-order chi connectivity index (χ1) is 6.99. The van der Waals surface area contributed by atoms with Gasteiger partial charge in [0.05, 0.1) is 5.75 Å². The topological polar surface area (TPSA) is 49.4 Å². The Balaban J connectivity index is 2.02. The minimum atomic E-state index is -2.78. The molecular formula is C10H22N2O2S. The zero-order chi connectivity index (χ0) is 11.3. The molecule has 1 aliphatic rings. The SMILES string of the molecule is CN1CCCC1CNCCCS(C)(=O)=O. The first kappa shape index (κ1) is 12.9. The van der Waals surface area contributed by atoms with Crippen LogP contribution in [0.4, 0.5) is 0 Å². The van der Waals surface area contributed by atoms with E-state index < -0.39 is 9.84 Å². The summed E-state index contributed by atoms with van der Waals surface area (Å²) in [6.45, 7) is 2.98. The average Bonchev–Trinajstić information content (AvgIpc) is 2.49. The van der Waals surface area contributed by atoms with Gasteiger partial charge in [-0.1, -0.05) is 0 Å². The van der Waals surface area contributed by atoms with Crippen LogP contribution in [0.1, 0.15) is 19.3 Å². The van der Waals surface area contributed by atoms with Gasteiger partial charge in [0.25, 0.3) is 0 Å². The minimum absolute atomic E-state index is 0.292. The van der Waals surface area contributed by atoms with Crippen molar-refractivity contribution in [2.45, 2.75) is 25.3 Å². The Hall–Kier alpha value is -0.130.